The molecular weight excluding hydrogens is 203 g/mol. The van der Waals surface area contributed by atoms with Crippen molar-refractivity contribution in [3.8, 4) is 0 Å². The standard InChI is InChI=1S/C3H4F3NO4S/c1-11-2(8)7-12(9,10)3(4,5)6/h1H3,(H,7,8). The molecule has 0 atom stereocenters. The molecule has 0 radical (unpaired) electrons. The third-order valence-electron chi connectivity index (χ3n) is 0.708. The molecule has 0 aromatic rings. The lowest BCUT2D eigenvalue weighted by atomic mass is 11.2. The zero-order valence-electron chi connectivity index (χ0n) is 5.68. The van der Waals surface area contributed by atoms with Gasteiger partial charge in [-0.3, -0.25) is 0 Å². The molecule has 12 heavy (non-hydrogen) atoms. The molecule has 5 nitrogen and oxygen atoms in total. The van der Waals surface area contributed by atoms with Crippen molar-refractivity contribution in [1.29, 1.82) is 0 Å². The van der Waals surface area contributed by atoms with Crippen molar-refractivity contribution >= 4 is 16.1 Å². The fraction of sp³-hybridized carbons (Fsp3) is 0.667. The molecule has 72 valence electrons. The van der Waals surface area contributed by atoms with Crippen LogP contribution in [0.1, 0.15) is 0 Å². The highest BCUT2D eigenvalue weighted by molar-refractivity contribution is 7.90. The smallest absolute Gasteiger partial charge is 0.452 e. The number of amides is 1. The second-order valence-corrected chi connectivity index (χ2v) is 3.22. The largest absolute Gasteiger partial charge is 0.516 e. The van der Waals surface area contributed by atoms with Crippen molar-refractivity contribution in [3.05, 3.63) is 0 Å². The maximum Gasteiger partial charge on any atom is 0.516 e. The van der Waals surface area contributed by atoms with Gasteiger partial charge in [0.05, 0.1) is 7.11 Å². The lowest BCUT2D eigenvalue weighted by molar-refractivity contribution is -0.0447. The minimum absolute atomic E-state index is 0.632. The molecule has 0 rings (SSSR count). The van der Waals surface area contributed by atoms with E-state index in [-0.39, 0.29) is 0 Å². The molecule has 1 N–H and O–H groups in total. The maximum atomic E-state index is 11.5. The Hall–Kier alpha value is -0.990. The summed E-state index contributed by atoms with van der Waals surface area (Å²) in [6.07, 6.45) is -1.69. The summed E-state index contributed by atoms with van der Waals surface area (Å²) in [4.78, 5) is 10.1. The van der Waals surface area contributed by atoms with Crippen LogP contribution in [0.15, 0.2) is 0 Å². The second-order valence-electron chi connectivity index (χ2n) is 1.54. The van der Waals surface area contributed by atoms with Gasteiger partial charge in [0.2, 0.25) is 0 Å². The SMILES string of the molecule is COC(=O)NS(=O)(=O)C(F)(F)F. The number of nitrogens with one attached hydrogen (secondary N) is 1. The maximum absolute atomic E-state index is 11.5. The van der Waals surface area contributed by atoms with Gasteiger partial charge in [0, 0.05) is 0 Å². The van der Waals surface area contributed by atoms with Crippen LogP contribution in [0.25, 0.3) is 0 Å². The van der Waals surface area contributed by atoms with Crippen molar-refractivity contribution in [2.75, 3.05) is 7.11 Å². The van der Waals surface area contributed by atoms with E-state index in [0.29, 0.717) is 4.72 Å². The number of hydrogen-bond acceptors (Lipinski definition) is 4. The van der Waals surface area contributed by atoms with Crippen LogP contribution < -0.4 is 4.72 Å². The zero-order valence-corrected chi connectivity index (χ0v) is 6.49. The van der Waals surface area contributed by atoms with Gasteiger partial charge in [-0.2, -0.15) is 21.6 Å². The Labute approximate surface area is 65.6 Å². The fourth-order valence-electron chi connectivity index (χ4n) is 0.209. The van der Waals surface area contributed by atoms with Crippen molar-refractivity contribution < 1.29 is 31.1 Å². The van der Waals surface area contributed by atoms with E-state index in [1.807, 2.05) is 0 Å². The van der Waals surface area contributed by atoms with Gasteiger partial charge in [-0.1, -0.05) is 0 Å². The molecule has 9 heteroatoms. The summed E-state index contributed by atoms with van der Waals surface area (Å²) in [7, 11) is -4.90. The average molecular weight is 207 g/mol. The van der Waals surface area contributed by atoms with E-state index in [2.05, 4.69) is 4.74 Å². The fourth-order valence-corrected chi connectivity index (χ4v) is 0.628. The molecular formula is C3H4F3NO4S. The van der Waals surface area contributed by atoms with E-state index in [1.165, 1.54) is 0 Å². The Kier molecular flexibility index (Phi) is 2.91. The van der Waals surface area contributed by atoms with E-state index >= 15 is 0 Å². The van der Waals surface area contributed by atoms with Gasteiger partial charge in [-0.15, -0.1) is 0 Å². The number of methoxy groups -OCH3 is 1. The van der Waals surface area contributed by atoms with Crippen LogP contribution in [0, 0.1) is 0 Å². The molecule has 0 unspecified atom stereocenters. The number of hydrogen-bond donors (Lipinski definition) is 1. The molecule has 0 aromatic heterocycles. The molecule has 0 aliphatic carbocycles. The highest BCUT2D eigenvalue weighted by Gasteiger charge is 2.47. The summed E-state index contributed by atoms with van der Waals surface area (Å²) < 4.78 is 58.9. The number of carbonyl (C=O) groups is 1. The Bertz CT molecular complexity index is 268. The Balaban J connectivity index is 4.58. The summed E-state index contributed by atoms with van der Waals surface area (Å²) in [6.45, 7) is 0. The van der Waals surface area contributed by atoms with Crippen molar-refractivity contribution in [2.24, 2.45) is 0 Å². The molecule has 0 heterocycles. The number of alkyl halides is 3. The van der Waals surface area contributed by atoms with E-state index in [0.717, 1.165) is 7.11 Å². The first-order valence-electron chi connectivity index (χ1n) is 2.38. The number of halogens is 3. The number of sulfonamides is 1. The van der Waals surface area contributed by atoms with Crippen LogP contribution in [-0.2, 0) is 14.8 Å². The Morgan fingerprint density at radius 1 is 1.42 bits per heavy atom. The molecule has 1 amide bonds. The summed E-state index contributed by atoms with van der Waals surface area (Å²) in [5.74, 6) is 0. The Morgan fingerprint density at radius 2 is 1.83 bits per heavy atom. The summed E-state index contributed by atoms with van der Waals surface area (Å²) in [5, 5.41) is 0. The first kappa shape index (κ1) is 11.0. The number of rotatable bonds is 1. The number of carbonyl (C=O) groups excluding carboxylic acids is 1. The van der Waals surface area contributed by atoms with E-state index in [9.17, 15) is 26.4 Å². The van der Waals surface area contributed by atoms with E-state index in [4.69, 9.17) is 0 Å². The van der Waals surface area contributed by atoms with Crippen LogP contribution in [0.3, 0.4) is 0 Å². The minimum atomic E-state index is -5.63. The van der Waals surface area contributed by atoms with Crippen LogP contribution in [0.4, 0.5) is 18.0 Å². The molecule has 0 aromatic carbocycles. The molecule has 0 aliphatic rings. The van der Waals surface area contributed by atoms with Gasteiger partial charge >= 0.3 is 21.6 Å². The predicted octanol–water partition coefficient (Wildman–Crippen LogP) is 0.192. The van der Waals surface area contributed by atoms with Crippen LogP contribution in [0.5, 0.6) is 0 Å². The third-order valence-corrected chi connectivity index (χ3v) is 1.75. The van der Waals surface area contributed by atoms with Gasteiger partial charge in [-0.25, -0.2) is 9.52 Å². The average Bonchev–Trinajstić information content (AvgIpc) is 1.84. The highest BCUT2D eigenvalue weighted by Crippen LogP contribution is 2.21. The molecule has 0 aliphatic heterocycles. The predicted molar refractivity (Wildman–Crippen MR) is 30.5 cm³/mol. The van der Waals surface area contributed by atoms with Crippen LogP contribution in [0.2, 0.25) is 0 Å². The lowest BCUT2D eigenvalue weighted by Crippen LogP contribution is -2.40. The topological polar surface area (TPSA) is 72.5 Å². The molecule has 0 bridgehead atoms. The van der Waals surface area contributed by atoms with Crippen LogP contribution in [-0.4, -0.2) is 27.1 Å². The highest BCUT2D eigenvalue weighted by atomic mass is 32.2. The first-order chi connectivity index (χ1) is 5.20. The second kappa shape index (κ2) is 3.17. The van der Waals surface area contributed by atoms with Gasteiger partial charge in [0.1, 0.15) is 0 Å². The normalized spacial score (nSPS) is 12.3. The summed E-state index contributed by atoms with van der Waals surface area (Å²) >= 11 is 0. The van der Waals surface area contributed by atoms with Gasteiger partial charge in [-0.05, 0) is 0 Å². The summed E-state index contributed by atoms with van der Waals surface area (Å²) in [6, 6.07) is 0. The van der Waals surface area contributed by atoms with E-state index < -0.39 is 21.6 Å². The molecule has 0 saturated heterocycles. The Morgan fingerprint density at radius 3 is 2.08 bits per heavy atom. The molecule has 0 spiro atoms. The van der Waals surface area contributed by atoms with Crippen molar-refractivity contribution in [2.45, 2.75) is 5.51 Å². The van der Waals surface area contributed by atoms with Crippen molar-refractivity contribution in [1.82, 2.24) is 4.72 Å². The molecule has 0 fully saturated rings. The van der Waals surface area contributed by atoms with Gasteiger partial charge < -0.3 is 4.74 Å². The summed E-state index contributed by atoms with van der Waals surface area (Å²) in [5.41, 5.74) is -5.51. The van der Waals surface area contributed by atoms with Crippen molar-refractivity contribution in [3.63, 3.8) is 0 Å². The van der Waals surface area contributed by atoms with Gasteiger partial charge in [0.25, 0.3) is 0 Å². The van der Waals surface area contributed by atoms with Gasteiger partial charge in [0.15, 0.2) is 0 Å². The monoisotopic (exact) mass is 207 g/mol. The van der Waals surface area contributed by atoms with E-state index in [1.54, 1.807) is 0 Å². The number of ether oxygens (including phenoxy) is 1. The van der Waals surface area contributed by atoms with Crippen LogP contribution >= 0.6 is 0 Å². The quantitative estimate of drug-likeness (QED) is 0.666. The molecule has 0 saturated carbocycles. The lowest BCUT2D eigenvalue weighted by Gasteiger charge is -2.07. The minimum Gasteiger partial charge on any atom is -0.452 e. The third kappa shape index (κ3) is 2.57. The zero-order chi connectivity index (χ0) is 9.99. The first-order valence-corrected chi connectivity index (χ1v) is 3.86.